The molecule has 88 valence electrons. The second-order valence-corrected chi connectivity index (χ2v) is 3.50. The van der Waals surface area contributed by atoms with E-state index < -0.39 is 0 Å². The maximum absolute atomic E-state index is 9.23. The molecule has 6 nitrogen and oxygen atoms in total. The molecule has 0 fully saturated rings. The van der Waals surface area contributed by atoms with Gasteiger partial charge in [-0.15, -0.1) is 0 Å². The standard InChI is InChI=1S/C12H9N5O/c1-18-12-8(6-14)10(9-3-2-4-16-9)7(5-13)11(15)17-12/h2-4,16H,1H3,(H2,15,17)/p+1. The smallest absolute Gasteiger partial charge is 0.300 e. The van der Waals surface area contributed by atoms with E-state index in [1.54, 1.807) is 18.3 Å². The third-order valence-corrected chi connectivity index (χ3v) is 2.54. The van der Waals surface area contributed by atoms with E-state index in [1.807, 2.05) is 12.1 Å². The molecule has 0 amide bonds. The number of aromatic amines is 2. The summed E-state index contributed by atoms with van der Waals surface area (Å²) in [6.45, 7) is 0. The van der Waals surface area contributed by atoms with Crippen LogP contribution in [0.5, 0.6) is 5.88 Å². The van der Waals surface area contributed by atoms with Crippen molar-refractivity contribution in [1.29, 1.82) is 10.5 Å². The SMILES string of the molecule is COc1[nH+]c(N)c(C#N)c(-c2ccc[nH]2)c1C#N. The monoisotopic (exact) mass is 240 g/mol. The van der Waals surface area contributed by atoms with E-state index in [9.17, 15) is 5.26 Å². The summed E-state index contributed by atoms with van der Waals surface area (Å²) in [7, 11) is 1.43. The van der Waals surface area contributed by atoms with Gasteiger partial charge in [-0.3, -0.25) is 5.73 Å². The number of nitrogens with two attached hydrogens (primary N) is 1. The van der Waals surface area contributed by atoms with E-state index >= 15 is 0 Å². The average Bonchev–Trinajstić information content (AvgIpc) is 2.90. The van der Waals surface area contributed by atoms with Crippen LogP contribution in [0.1, 0.15) is 11.1 Å². The fraction of sp³-hybridized carbons (Fsp3) is 0.0833. The second-order valence-electron chi connectivity index (χ2n) is 3.50. The first-order valence-electron chi connectivity index (χ1n) is 5.09. The topological polar surface area (TPSA) is 113 Å². The molecule has 0 atom stereocenters. The Morgan fingerprint density at radius 3 is 2.56 bits per heavy atom. The largest absolute Gasteiger partial charge is 0.465 e. The maximum atomic E-state index is 9.23. The van der Waals surface area contributed by atoms with Crippen LogP contribution in [0.2, 0.25) is 0 Å². The molecule has 2 rings (SSSR count). The number of anilines is 1. The van der Waals surface area contributed by atoms with Crippen LogP contribution in [0.25, 0.3) is 11.3 Å². The van der Waals surface area contributed by atoms with Gasteiger partial charge in [0.15, 0.2) is 5.56 Å². The summed E-state index contributed by atoms with van der Waals surface area (Å²) in [6, 6.07) is 7.55. The minimum Gasteiger partial charge on any atom is -0.465 e. The van der Waals surface area contributed by atoms with Crippen molar-refractivity contribution in [2.45, 2.75) is 0 Å². The summed E-state index contributed by atoms with van der Waals surface area (Å²) in [6.07, 6.45) is 1.71. The van der Waals surface area contributed by atoms with Crippen LogP contribution in [-0.2, 0) is 0 Å². The zero-order valence-electron chi connectivity index (χ0n) is 9.61. The van der Waals surface area contributed by atoms with Crippen LogP contribution < -0.4 is 15.5 Å². The Labute approximate surface area is 103 Å². The molecule has 0 aromatic carbocycles. The number of nitriles is 2. The van der Waals surface area contributed by atoms with Gasteiger partial charge in [-0.2, -0.15) is 10.5 Å². The van der Waals surface area contributed by atoms with Gasteiger partial charge in [0.2, 0.25) is 0 Å². The number of pyridine rings is 1. The first-order valence-corrected chi connectivity index (χ1v) is 5.09. The molecule has 0 aliphatic carbocycles. The Kier molecular flexibility index (Phi) is 2.86. The first-order chi connectivity index (χ1) is 8.72. The summed E-state index contributed by atoms with van der Waals surface area (Å²) in [5.74, 6) is 0.400. The summed E-state index contributed by atoms with van der Waals surface area (Å²) >= 11 is 0. The van der Waals surface area contributed by atoms with Crippen molar-refractivity contribution in [2.24, 2.45) is 0 Å². The predicted molar refractivity (Wildman–Crippen MR) is 63.2 cm³/mol. The van der Waals surface area contributed by atoms with E-state index in [1.165, 1.54) is 7.11 Å². The highest BCUT2D eigenvalue weighted by Gasteiger charge is 2.24. The van der Waals surface area contributed by atoms with Crippen LogP contribution in [0, 0.1) is 22.7 Å². The quantitative estimate of drug-likeness (QED) is 0.809. The number of aromatic nitrogens is 2. The van der Waals surface area contributed by atoms with Gasteiger partial charge in [-0.1, -0.05) is 0 Å². The molecule has 4 N–H and O–H groups in total. The number of hydrogen-bond donors (Lipinski definition) is 2. The molecule has 0 spiro atoms. The van der Waals surface area contributed by atoms with Gasteiger partial charge < -0.3 is 9.72 Å². The Hall–Kier alpha value is -2.99. The first kappa shape index (κ1) is 11.5. The lowest BCUT2D eigenvalue weighted by atomic mass is 10.0. The van der Waals surface area contributed by atoms with Crippen LogP contribution in [0.15, 0.2) is 18.3 Å². The van der Waals surface area contributed by atoms with Crippen molar-refractivity contribution in [1.82, 2.24) is 4.98 Å². The maximum Gasteiger partial charge on any atom is 0.300 e. The minimum atomic E-state index is 0.165. The zero-order chi connectivity index (χ0) is 13.1. The van der Waals surface area contributed by atoms with Crippen molar-refractivity contribution < 1.29 is 9.72 Å². The van der Waals surface area contributed by atoms with Gasteiger partial charge in [-0.25, -0.2) is 4.98 Å². The molecule has 0 saturated heterocycles. The minimum absolute atomic E-state index is 0.165. The molecule has 0 unspecified atom stereocenters. The van der Waals surface area contributed by atoms with Crippen LogP contribution in [-0.4, -0.2) is 12.1 Å². The number of methoxy groups -OCH3 is 1. The highest BCUT2D eigenvalue weighted by Crippen LogP contribution is 2.31. The average molecular weight is 240 g/mol. The number of nitrogens with one attached hydrogen (secondary N) is 2. The van der Waals surface area contributed by atoms with Gasteiger partial charge in [0.1, 0.15) is 17.7 Å². The lowest BCUT2D eigenvalue weighted by molar-refractivity contribution is -0.376. The highest BCUT2D eigenvalue weighted by atomic mass is 16.5. The van der Waals surface area contributed by atoms with Crippen molar-refractivity contribution in [3.05, 3.63) is 29.5 Å². The van der Waals surface area contributed by atoms with Gasteiger partial charge in [0.25, 0.3) is 5.82 Å². The molecule has 2 aromatic heterocycles. The van der Waals surface area contributed by atoms with Gasteiger partial charge in [-0.05, 0) is 12.1 Å². The molecule has 0 aliphatic heterocycles. The fourth-order valence-corrected chi connectivity index (χ4v) is 1.75. The van der Waals surface area contributed by atoms with Crippen LogP contribution in [0.4, 0.5) is 5.82 Å². The Bertz CT molecular complexity index is 661. The van der Waals surface area contributed by atoms with Crippen LogP contribution in [0.3, 0.4) is 0 Å². The Morgan fingerprint density at radius 1 is 1.33 bits per heavy atom. The summed E-state index contributed by atoms with van der Waals surface area (Å²) < 4.78 is 5.07. The number of H-pyrrole nitrogens is 2. The third kappa shape index (κ3) is 1.62. The normalized spacial score (nSPS) is 9.50. The molecule has 0 aliphatic rings. The van der Waals surface area contributed by atoms with Crippen molar-refractivity contribution >= 4 is 5.82 Å². The van der Waals surface area contributed by atoms with E-state index in [4.69, 9.17) is 15.7 Å². The molecular weight excluding hydrogens is 230 g/mol. The number of nitrogens with zero attached hydrogens (tertiary/aromatic N) is 2. The predicted octanol–water partition coefficient (Wildman–Crippen LogP) is 0.830. The summed E-state index contributed by atoms with van der Waals surface area (Å²) in [4.78, 5) is 5.65. The van der Waals surface area contributed by atoms with E-state index in [0.29, 0.717) is 11.3 Å². The molecule has 18 heavy (non-hydrogen) atoms. The van der Waals surface area contributed by atoms with Gasteiger partial charge in [0, 0.05) is 17.5 Å². The Balaban J connectivity index is 2.88. The van der Waals surface area contributed by atoms with Gasteiger partial charge in [0.05, 0.1) is 7.11 Å². The fourth-order valence-electron chi connectivity index (χ4n) is 1.75. The number of hydrogen-bond acceptors (Lipinski definition) is 4. The van der Waals surface area contributed by atoms with E-state index in [-0.39, 0.29) is 22.8 Å². The van der Waals surface area contributed by atoms with Gasteiger partial charge >= 0.3 is 5.88 Å². The molecule has 2 aromatic rings. The summed E-state index contributed by atoms with van der Waals surface area (Å²) in [5.41, 5.74) is 7.30. The van der Waals surface area contributed by atoms with Crippen molar-refractivity contribution in [2.75, 3.05) is 12.8 Å². The number of rotatable bonds is 2. The third-order valence-electron chi connectivity index (χ3n) is 2.54. The number of nitrogen functional groups attached to an aromatic ring is 1. The summed E-state index contributed by atoms with van der Waals surface area (Å²) in [5, 5.41) is 18.4. The molecular formula is C12H10N5O+. The molecule has 6 heteroatoms. The lowest BCUT2D eigenvalue weighted by Gasteiger charge is -2.07. The lowest BCUT2D eigenvalue weighted by Crippen LogP contribution is -2.18. The molecule has 0 bridgehead atoms. The van der Waals surface area contributed by atoms with E-state index in [2.05, 4.69) is 9.97 Å². The Morgan fingerprint density at radius 2 is 2.06 bits per heavy atom. The van der Waals surface area contributed by atoms with Crippen molar-refractivity contribution in [3.63, 3.8) is 0 Å². The second kappa shape index (κ2) is 4.48. The highest BCUT2D eigenvalue weighted by molar-refractivity contribution is 5.78. The van der Waals surface area contributed by atoms with Crippen molar-refractivity contribution in [3.8, 4) is 29.3 Å². The van der Waals surface area contributed by atoms with Crippen LogP contribution >= 0.6 is 0 Å². The molecule has 0 radical (unpaired) electrons. The van der Waals surface area contributed by atoms with E-state index in [0.717, 1.165) is 0 Å². The number of ether oxygens (including phenoxy) is 1. The molecule has 2 heterocycles. The molecule has 0 saturated carbocycles. The zero-order valence-corrected chi connectivity index (χ0v) is 9.61.